The second-order valence-electron chi connectivity index (χ2n) is 4.65. The van der Waals surface area contributed by atoms with Crippen molar-refractivity contribution >= 4 is 34.8 Å². The van der Waals surface area contributed by atoms with Gasteiger partial charge < -0.3 is 14.8 Å². The molecule has 0 bridgehead atoms. The second kappa shape index (κ2) is 7.93. The van der Waals surface area contributed by atoms with Crippen molar-refractivity contribution in [1.82, 2.24) is 5.32 Å². The minimum Gasteiger partial charge on any atom is -0.493 e. The molecule has 2 aromatic rings. The smallest absolute Gasteiger partial charge is 0.163 e. The number of benzene rings is 2. The van der Waals surface area contributed by atoms with Crippen LogP contribution in [0, 0.1) is 0 Å². The van der Waals surface area contributed by atoms with E-state index in [1.807, 2.05) is 19.2 Å². The van der Waals surface area contributed by atoms with Crippen LogP contribution in [0.5, 0.6) is 11.5 Å². The lowest BCUT2D eigenvalue weighted by Gasteiger charge is -2.14. The van der Waals surface area contributed by atoms with Gasteiger partial charge in [-0.05, 0) is 30.8 Å². The van der Waals surface area contributed by atoms with Gasteiger partial charge in [-0.2, -0.15) is 0 Å². The maximum atomic E-state index is 6.25. The summed E-state index contributed by atoms with van der Waals surface area (Å²) in [6.07, 6.45) is 0. The van der Waals surface area contributed by atoms with Crippen LogP contribution in [0.2, 0.25) is 15.1 Å². The fourth-order valence-corrected chi connectivity index (χ4v) is 2.65. The van der Waals surface area contributed by atoms with Gasteiger partial charge in [0, 0.05) is 33.2 Å². The van der Waals surface area contributed by atoms with E-state index in [0.29, 0.717) is 39.7 Å². The lowest BCUT2D eigenvalue weighted by Crippen LogP contribution is -2.06. The molecule has 0 spiro atoms. The Labute approximate surface area is 145 Å². The number of hydrogen-bond donors (Lipinski definition) is 1. The molecular weight excluding hydrogens is 345 g/mol. The monoisotopic (exact) mass is 359 g/mol. The predicted octanol–water partition coefficient (Wildman–Crippen LogP) is 4.95. The SMILES string of the molecule is CNCc1cc(OC)c(OCc2ccc(Cl)cc2Cl)cc1Cl. The van der Waals surface area contributed by atoms with Gasteiger partial charge >= 0.3 is 0 Å². The highest BCUT2D eigenvalue weighted by Gasteiger charge is 2.11. The van der Waals surface area contributed by atoms with Gasteiger partial charge in [0.15, 0.2) is 11.5 Å². The highest BCUT2D eigenvalue weighted by molar-refractivity contribution is 6.35. The van der Waals surface area contributed by atoms with Crippen LogP contribution in [0.25, 0.3) is 0 Å². The summed E-state index contributed by atoms with van der Waals surface area (Å²) in [5.74, 6) is 1.19. The van der Waals surface area contributed by atoms with Gasteiger partial charge in [0.05, 0.1) is 7.11 Å². The molecule has 0 atom stereocenters. The normalized spacial score (nSPS) is 10.6. The van der Waals surface area contributed by atoms with Crippen molar-refractivity contribution in [3.8, 4) is 11.5 Å². The van der Waals surface area contributed by atoms with Crippen molar-refractivity contribution in [2.24, 2.45) is 0 Å². The Morgan fingerprint density at radius 1 is 0.955 bits per heavy atom. The van der Waals surface area contributed by atoms with E-state index < -0.39 is 0 Å². The fourth-order valence-electron chi connectivity index (χ4n) is 1.97. The third-order valence-electron chi connectivity index (χ3n) is 3.10. The van der Waals surface area contributed by atoms with Gasteiger partial charge in [0.25, 0.3) is 0 Å². The average Bonchev–Trinajstić information content (AvgIpc) is 2.49. The second-order valence-corrected chi connectivity index (χ2v) is 5.90. The van der Waals surface area contributed by atoms with E-state index in [4.69, 9.17) is 44.3 Å². The largest absolute Gasteiger partial charge is 0.493 e. The van der Waals surface area contributed by atoms with E-state index in [0.717, 1.165) is 11.1 Å². The van der Waals surface area contributed by atoms with E-state index in [-0.39, 0.29) is 0 Å². The summed E-state index contributed by atoms with van der Waals surface area (Å²) in [5.41, 5.74) is 1.78. The summed E-state index contributed by atoms with van der Waals surface area (Å²) in [4.78, 5) is 0. The van der Waals surface area contributed by atoms with Gasteiger partial charge in [-0.1, -0.05) is 40.9 Å². The first-order chi connectivity index (χ1) is 10.5. The Bertz CT molecular complexity index is 662. The highest BCUT2D eigenvalue weighted by Crippen LogP contribution is 2.34. The molecule has 0 saturated carbocycles. The van der Waals surface area contributed by atoms with E-state index in [1.165, 1.54) is 0 Å². The summed E-state index contributed by atoms with van der Waals surface area (Å²) in [7, 11) is 3.45. The molecule has 0 radical (unpaired) electrons. The minimum absolute atomic E-state index is 0.300. The molecule has 2 rings (SSSR count). The van der Waals surface area contributed by atoms with Crippen LogP contribution in [0.1, 0.15) is 11.1 Å². The summed E-state index contributed by atoms with van der Waals surface area (Å²) < 4.78 is 11.2. The molecule has 118 valence electrons. The number of halogens is 3. The Morgan fingerprint density at radius 3 is 2.32 bits per heavy atom. The molecule has 0 aliphatic heterocycles. The zero-order chi connectivity index (χ0) is 16.1. The van der Waals surface area contributed by atoms with Crippen molar-refractivity contribution in [2.45, 2.75) is 13.2 Å². The van der Waals surface area contributed by atoms with Gasteiger partial charge in [0.2, 0.25) is 0 Å². The molecular formula is C16H16Cl3NO2. The van der Waals surface area contributed by atoms with Gasteiger partial charge in [0.1, 0.15) is 6.61 Å². The number of ether oxygens (including phenoxy) is 2. The third-order valence-corrected chi connectivity index (χ3v) is 4.04. The van der Waals surface area contributed by atoms with Gasteiger partial charge in [-0.3, -0.25) is 0 Å². The van der Waals surface area contributed by atoms with Crippen LogP contribution < -0.4 is 14.8 Å². The van der Waals surface area contributed by atoms with Gasteiger partial charge in [-0.15, -0.1) is 0 Å². The molecule has 0 fully saturated rings. The first-order valence-electron chi connectivity index (χ1n) is 6.63. The number of methoxy groups -OCH3 is 1. The van der Waals surface area contributed by atoms with Crippen molar-refractivity contribution in [3.63, 3.8) is 0 Å². The highest BCUT2D eigenvalue weighted by atomic mass is 35.5. The Morgan fingerprint density at radius 2 is 1.68 bits per heavy atom. The maximum Gasteiger partial charge on any atom is 0.163 e. The maximum absolute atomic E-state index is 6.25. The van der Waals surface area contributed by atoms with Crippen molar-refractivity contribution in [1.29, 1.82) is 0 Å². The Hall–Kier alpha value is -1.13. The van der Waals surface area contributed by atoms with Crippen LogP contribution in [0.4, 0.5) is 0 Å². The van der Waals surface area contributed by atoms with Crippen LogP contribution in [0.15, 0.2) is 30.3 Å². The molecule has 2 aromatic carbocycles. The molecule has 0 amide bonds. The molecule has 0 unspecified atom stereocenters. The summed E-state index contributed by atoms with van der Waals surface area (Å²) >= 11 is 18.3. The molecule has 0 saturated heterocycles. The summed E-state index contributed by atoms with van der Waals surface area (Å²) in [6, 6.07) is 8.89. The molecule has 0 heterocycles. The van der Waals surface area contributed by atoms with Crippen molar-refractivity contribution < 1.29 is 9.47 Å². The Kier molecular flexibility index (Phi) is 6.21. The predicted molar refractivity (Wildman–Crippen MR) is 91.6 cm³/mol. The third kappa shape index (κ3) is 4.20. The first-order valence-corrected chi connectivity index (χ1v) is 7.76. The lowest BCUT2D eigenvalue weighted by molar-refractivity contribution is 0.284. The summed E-state index contributed by atoms with van der Waals surface area (Å²) in [6.45, 7) is 0.951. The standard InChI is InChI=1S/C16H16Cl3NO2/c1-20-8-11-5-15(21-2)16(7-14(11)19)22-9-10-3-4-12(17)6-13(10)18/h3-7,20H,8-9H2,1-2H3. The molecule has 1 N–H and O–H groups in total. The quantitative estimate of drug-likeness (QED) is 0.790. The van der Waals surface area contributed by atoms with Crippen LogP contribution in [-0.2, 0) is 13.2 Å². The first kappa shape index (κ1) is 17.2. The number of rotatable bonds is 6. The molecule has 0 aliphatic rings. The van der Waals surface area contributed by atoms with Gasteiger partial charge in [-0.25, -0.2) is 0 Å². The zero-order valence-corrected chi connectivity index (χ0v) is 14.5. The zero-order valence-electron chi connectivity index (χ0n) is 12.3. The molecule has 3 nitrogen and oxygen atoms in total. The molecule has 22 heavy (non-hydrogen) atoms. The van der Waals surface area contributed by atoms with E-state index in [9.17, 15) is 0 Å². The average molecular weight is 361 g/mol. The van der Waals surface area contributed by atoms with Crippen molar-refractivity contribution in [2.75, 3.05) is 14.2 Å². The molecule has 0 aromatic heterocycles. The number of nitrogens with one attached hydrogen (secondary N) is 1. The van der Waals surface area contributed by atoms with Crippen molar-refractivity contribution in [3.05, 3.63) is 56.5 Å². The van der Waals surface area contributed by atoms with Crippen LogP contribution in [0.3, 0.4) is 0 Å². The molecule has 0 aliphatic carbocycles. The van der Waals surface area contributed by atoms with Crippen LogP contribution >= 0.6 is 34.8 Å². The van der Waals surface area contributed by atoms with E-state index >= 15 is 0 Å². The lowest BCUT2D eigenvalue weighted by atomic mass is 10.2. The van der Waals surface area contributed by atoms with E-state index in [2.05, 4.69) is 5.32 Å². The minimum atomic E-state index is 0.300. The van der Waals surface area contributed by atoms with E-state index in [1.54, 1.807) is 25.3 Å². The number of hydrogen-bond acceptors (Lipinski definition) is 3. The Balaban J connectivity index is 2.20. The molecule has 6 heteroatoms. The summed E-state index contributed by atoms with van der Waals surface area (Å²) in [5, 5.41) is 4.82. The fraction of sp³-hybridized carbons (Fsp3) is 0.250. The van der Waals surface area contributed by atoms with Crippen LogP contribution in [-0.4, -0.2) is 14.2 Å². The topological polar surface area (TPSA) is 30.5 Å².